The summed E-state index contributed by atoms with van der Waals surface area (Å²) in [5, 5.41) is 0. The van der Waals surface area contributed by atoms with Gasteiger partial charge in [-0.3, -0.25) is 9.36 Å². The van der Waals surface area contributed by atoms with Crippen LogP contribution in [0, 0.1) is 0 Å². The molecule has 0 bridgehead atoms. The minimum atomic E-state index is -0.322. The lowest BCUT2D eigenvalue weighted by atomic mass is 10.5. The molecule has 0 fully saturated rings. The van der Waals surface area contributed by atoms with Gasteiger partial charge in [-0.1, -0.05) is 0 Å². The molecule has 0 saturated carbocycles. The molecule has 0 spiro atoms. The van der Waals surface area contributed by atoms with E-state index in [1.54, 1.807) is 29.7 Å². The molecule has 2 aromatic heterocycles. The fraction of sp³-hybridized carbons (Fsp3) is 0.444. The van der Waals surface area contributed by atoms with E-state index in [2.05, 4.69) is 9.97 Å². The molecular weight excluding hydrogens is 212 g/mol. The molecule has 16 heavy (non-hydrogen) atoms. The van der Waals surface area contributed by atoms with Crippen molar-refractivity contribution >= 4 is 11.2 Å². The van der Waals surface area contributed by atoms with Crippen LogP contribution in [-0.2, 0) is 22.9 Å². The third kappa shape index (κ3) is 1.70. The van der Waals surface area contributed by atoms with E-state index in [0.29, 0.717) is 17.9 Å². The summed E-state index contributed by atoms with van der Waals surface area (Å²) >= 11 is 0. The average Bonchev–Trinajstić information content (AvgIpc) is 2.68. The molecule has 0 aliphatic rings. The molecule has 2 rings (SSSR count). The Hall–Kier alpha value is -1.73. The van der Waals surface area contributed by atoms with Crippen LogP contribution in [0.5, 0.6) is 0 Å². The topological polar surface area (TPSA) is 71.2 Å². The number of rotatable bonds is 4. The van der Waals surface area contributed by atoms with Gasteiger partial charge >= 0.3 is 0 Å². The molecule has 2 heterocycles. The molecule has 2 aromatic rings. The summed E-state index contributed by atoms with van der Waals surface area (Å²) in [5.74, 6) is 0. The molecule has 7 heteroatoms. The van der Waals surface area contributed by atoms with Gasteiger partial charge in [-0.15, -0.1) is 0 Å². The Bertz CT molecular complexity index is 545. The van der Waals surface area contributed by atoms with Crippen molar-refractivity contribution in [3.05, 3.63) is 23.0 Å². The van der Waals surface area contributed by atoms with E-state index < -0.39 is 0 Å². The van der Waals surface area contributed by atoms with Gasteiger partial charge in [0.15, 0.2) is 11.2 Å². The van der Waals surface area contributed by atoms with Crippen LogP contribution in [0.15, 0.2) is 17.4 Å². The molecule has 0 atom stereocenters. The zero-order chi connectivity index (χ0) is 11.5. The minimum absolute atomic E-state index is 0.268. The van der Waals surface area contributed by atoms with Gasteiger partial charge in [-0.25, -0.2) is 4.98 Å². The van der Waals surface area contributed by atoms with Crippen molar-refractivity contribution in [1.29, 1.82) is 0 Å². The summed E-state index contributed by atoms with van der Waals surface area (Å²) in [5.41, 5.74) is 0.636. The highest BCUT2D eigenvalue weighted by molar-refractivity contribution is 5.69. The fourth-order valence-electron chi connectivity index (χ4n) is 1.51. The van der Waals surface area contributed by atoms with Gasteiger partial charge in [-0.05, 0) is 0 Å². The Kier molecular flexibility index (Phi) is 2.97. The predicted octanol–water partition coefficient (Wildman–Crippen LogP) is -0.199. The number of hydrogen-bond donors (Lipinski definition) is 0. The monoisotopic (exact) mass is 224 g/mol. The quantitative estimate of drug-likeness (QED) is 0.719. The molecule has 0 saturated heterocycles. The third-order valence-corrected chi connectivity index (χ3v) is 2.14. The van der Waals surface area contributed by atoms with Crippen molar-refractivity contribution in [3.63, 3.8) is 0 Å². The lowest BCUT2D eigenvalue weighted by molar-refractivity contribution is 0.131. The summed E-state index contributed by atoms with van der Waals surface area (Å²) < 4.78 is 13.2. The highest BCUT2D eigenvalue weighted by Gasteiger charge is 2.10. The first-order valence-electron chi connectivity index (χ1n) is 4.66. The van der Waals surface area contributed by atoms with Crippen LogP contribution in [0.25, 0.3) is 11.2 Å². The lowest BCUT2D eigenvalue weighted by Crippen LogP contribution is -2.16. The summed E-state index contributed by atoms with van der Waals surface area (Å²) in [7, 11) is 3.12. The summed E-state index contributed by atoms with van der Waals surface area (Å²) in [6.45, 7) is 0.568. The minimum Gasteiger partial charge on any atom is -0.364 e. The SMILES string of the molecule is COCn1cnc(=O)c2c1ncn2COC. The fourth-order valence-corrected chi connectivity index (χ4v) is 1.51. The largest absolute Gasteiger partial charge is 0.364 e. The van der Waals surface area contributed by atoms with Crippen LogP contribution in [-0.4, -0.2) is 33.3 Å². The molecule has 86 valence electrons. The lowest BCUT2D eigenvalue weighted by Gasteiger charge is -2.05. The van der Waals surface area contributed by atoms with Crippen LogP contribution in [0.3, 0.4) is 0 Å². The maximum Gasteiger partial charge on any atom is 0.298 e. The second-order valence-corrected chi connectivity index (χ2v) is 3.24. The maximum absolute atomic E-state index is 11.6. The highest BCUT2D eigenvalue weighted by Crippen LogP contribution is 2.07. The summed E-state index contributed by atoms with van der Waals surface area (Å²) in [6, 6.07) is 0. The van der Waals surface area contributed by atoms with E-state index >= 15 is 0 Å². The van der Waals surface area contributed by atoms with Gasteiger partial charge in [0.05, 0.1) is 6.33 Å². The van der Waals surface area contributed by atoms with Gasteiger partial charge in [0, 0.05) is 14.2 Å². The standard InChI is InChI=1S/C9H12N4O3/c1-15-5-12-3-10-8-7(12)9(14)11-4-13(8)6-16-2/h3-4H,5-6H2,1-2H3. The number of ether oxygens (including phenoxy) is 2. The molecule has 7 nitrogen and oxygen atoms in total. The number of imidazole rings is 1. The van der Waals surface area contributed by atoms with Crippen LogP contribution >= 0.6 is 0 Å². The smallest absolute Gasteiger partial charge is 0.298 e. The van der Waals surface area contributed by atoms with Crippen molar-refractivity contribution in [3.8, 4) is 0 Å². The van der Waals surface area contributed by atoms with E-state index in [4.69, 9.17) is 9.47 Å². The molecule has 0 aromatic carbocycles. The average molecular weight is 224 g/mol. The van der Waals surface area contributed by atoms with E-state index in [-0.39, 0.29) is 12.3 Å². The Labute approximate surface area is 91.2 Å². The van der Waals surface area contributed by atoms with Crippen molar-refractivity contribution in [2.24, 2.45) is 0 Å². The number of hydrogen-bond acceptors (Lipinski definition) is 5. The van der Waals surface area contributed by atoms with Crippen LogP contribution in [0.1, 0.15) is 0 Å². The Morgan fingerprint density at radius 3 is 2.44 bits per heavy atom. The maximum atomic E-state index is 11.6. The number of fused-ring (bicyclic) bond motifs is 1. The molecule has 0 aliphatic heterocycles. The van der Waals surface area contributed by atoms with Crippen molar-refractivity contribution in [1.82, 2.24) is 19.1 Å². The molecule has 0 aliphatic carbocycles. The molecule has 0 amide bonds. The Morgan fingerprint density at radius 1 is 1.12 bits per heavy atom. The number of nitrogens with zero attached hydrogens (tertiary/aromatic N) is 4. The molecule has 0 radical (unpaired) electrons. The van der Waals surface area contributed by atoms with Crippen LogP contribution in [0.4, 0.5) is 0 Å². The zero-order valence-corrected chi connectivity index (χ0v) is 9.08. The predicted molar refractivity (Wildman–Crippen MR) is 55.8 cm³/mol. The normalized spacial score (nSPS) is 11.1. The Morgan fingerprint density at radius 2 is 1.75 bits per heavy atom. The third-order valence-electron chi connectivity index (χ3n) is 2.14. The van der Waals surface area contributed by atoms with Gasteiger partial charge in [0.25, 0.3) is 5.56 Å². The van der Waals surface area contributed by atoms with Gasteiger partial charge in [0.1, 0.15) is 19.8 Å². The molecule has 0 unspecified atom stereocenters. The van der Waals surface area contributed by atoms with Crippen LogP contribution in [0.2, 0.25) is 0 Å². The second kappa shape index (κ2) is 4.42. The van der Waals surface area contributed by atoms with Gasteiger partial charge in [-0.2, -0.15) is 4.98 Å². The molecular formula is C9H12N4O3. The zero-order valence-electron chi connectivity index (χ0n) is 9.08. The first-order valence-corrected chi connectivity index (χ1v) is 4.66. The highest BCUT2D eigenvalue weighted by atomic mass is 16.5. The molecule has 0 N–H and O–H groups in total. The van der Waals surface area contributed by atoms with E-state index in [1.165, 1.54) is 6.33 Å². The van der Waals surface area contributed by atoms with Crippen molar-refractivity contribution in [2.75, 3.05) is 14.2 Å². The van der Waals surface area contributed by atoms with Gasteiger partial charge in [0.2, 0.25) is 0 Å². The summed E-state index contributed by atoms with van der Waals surface area (Å²) in [6.07, 6.45) is 2.96. The summed E-state index contributed by atoms with van der Waals surface area (Å²) in [4.78, 5) is 19.5. The van der Waals surface area contributed by atoms with Crippen molar-refractivity contribution < 1.29 is 9.47 Å². The Balaban J connectivity index is 2.63. The number of aromatic nitrogens is 4. The van der Waals surface area contributed by atoms with Crippen molar-refractivity contribution in [2.45, 2.75) is 13.5 Å². The van der Waals surface area contributed by atoms with E-state index in [9.17, 15) is 4.79 Å². The number of methoxy groups -OCH3 is 2. The first kappa shape index (κ1) is 10.8. The second-order valence-electron chi connectivity index (χ2n) is 3.24. The van der Waals surface area contributed by atoms with Gasteiger partial charge < -0.3 is 14.0 Å². The van der Waals surface area contributed by atoms with Crippen LogP contribution < -0.4 is 5.56 Å². The van der Waals surface area contributed by atoms with E-state index in [0.717, 1.165) is 0 Å². The first-order chi connectivity index (χ1) is 7.77. The van der Waals surface area contributed by atoms with E-state index in [1.807, 2.05) is 0 Å².